The van der Waals surface area contributed by atoms with E-state index in [0.717, 1.165) is 0 Å². The van der Waals surface area contributed by atoms with Crippen LogP contribution in [0.2, 0.25) is 0 Å². The summed E-state index contributed by atoms with van der Waals surface area (Å²) in [5, 5.41) is 16.5. The van der Waals surface area contributed by atoms with Crippen molar-refractivity contribution in [1.82, 2.24) is 0 Å². The summed E-state index contributed by atoms with van der Waals surface area (Å²) in [7, 11) is 0. The highest BCUT2D eigenvalue weighted by Crippen LogP contribution is 1.89. The van der Waals surface area contributed by atoms with Gasteiger partial charge in [-0.1, -0.05) is 0 Å². The Balaban J connectivity index is 3.50. The number of aliphatic hydroxyl groups is 2. The van der Waals surface area contributed by atoms with Crippen molar-refractivity contribution in [2.45, 2.75) is 18.8 Å². The molecule has 5 nitrogen and oxygen atoms in total. The van der Waals surface area contributed by atoms with Gasteiger partial charge >= 0.3 is 0 Å². The van der Waals surface area contributed by atoms with Crippen molar-refractivity contribution >= 4 is 5.91 Å². The molecule has 54 valence electrons. The fraction of sp³-hybridized carbons (Fsp3) is 0.750. The molecule has 0 fully saturated rings. The third-order valence-electron chi connectivity index (χ3n) is 0.830. The van der Waals surface area contributed by atoms with Crippen LogP contribution >= 0.6 is 0 Å². The molecule has 0 aliphatic rings. The fourth-order valence-electron chi connectivity index (χ4n) is 0.343. The summed E-state index contributed by atoms with van der Waals surface area (Å²) >= 11 is 0. The van der Waals surface area contributed by atoms with Gasteiger partial charge in [-0.05, 0) is 0 Å². The standard InChI is InChI=1S/C4H10N2O3/c5-2(4(6)9)1-3(7)8/h2-3,7-8H,1,5H2,(H2,6,9)/t2-/m0/s1. The Morgan fingerprint density at radius 3 is 2.11 bits per heavy atom. The van der Waals surface area contributed by atoms with Gasteiger partial charge < -0.3 is 21.7 Å². The van der Waals surface area contributed by atoms with E-state index in [-0.39, 0.29) is 6.42 Å². The van der Waals surface area contributed by atoms with Gasteiger partial charge in [0.2, 0.25) is 5.91 Å². The summed E-state index contributed by atoms with van der Waals surface area (Å²) in [5.74, 6) is -0.733. The first kappa shape index (κ1) is 8.35. The number of hydrogen-bond donors (Lipinski definition) is 4. The molecule has 0 aromatic heterocycles. The first-order valence-electron chi connectivity index (χ1n) is 2.45. The highest BCUT2D eigenvalue weighted by molar-refractivity contribution is 5.79. The van der Waals surface area contributed by atoms with Crippen LogP contribution in [0.4, 0.5) is 0 Å². The number of aliphatic hydroxyl groups excluding tert-OH is 1. The van der Waals surface area contributed by atoms with E-state index in [9.17, 15) is 4.79 Å². The van der Waals surface area contributed by atoms with Crippen molar-refractivity contribution in [2.75, 3.05) is 0 Å². The molecule has 0 bridgehead atoms. The molecule has 9 heavy (non-hydrogen) atoms. The molecule has 0 heterocycles. The molecule has 0 rings (SSSR count). The molecular weight excluding hydrogens is 124 g/mol. The summed E-state index contributed by atoms with van der Waals surface area (Å²) in [6.07, 6.45) is -1.78. The highest BCUT2D eigenvalue weighted by atomic mass is 16.5. The molecule has 0 saturated heterocycles. The smallest absolute Gasteiger partial charge is 0.234 e. The third-order valence-corrected chi connectivity index (χ3v) is 0.830. The quantitative estimate of drug-likeness (QED) is 0.320. The Morgan fingerprint density at radius 1 is 1.56 bits per heavy atom. The van der Waals surface area contributed by atoms with Crippen LogP contribution in [0.5, 0.6) is 0 Å². The Labute approximate surface area is 52.3 Å². The molecule has 6 N–H and O–H groups in total. The molecular formula is C4H10N2O3. The van der Waals surface area contributed by atoms with Crippen LogP contribution in [0.3, 0.4) is 0 Å². The van der Waals surface area contributed by atoms with Crippen LogP contribution < -0.4 is 11.5 Å². The molecule has 1 atom stereocenters. The summed E-state index contributed by atoms with van der Waals surface area (Å²) < 4.78 is 0. The Hall–Kier alpha value is -0.650. The molecule has 5 heteroatoms. The lowest BCUT2D eigenvalue weighted by molar-refractivity contribution is -0.122. The molecule has 0 saturated carbocycles. The van der Waals surface area contributed by atoms with Gasteiger partial charge in [-0.25, -0.2) is 0 Å². The maximum Gasteiger partial charge on any atom is 0.234 e. The van der Waals surface area contributed by atoms with Crippen LogP contribution in [0, 0.1) is 0 Å². The number of nitrogens with two attached hydrogens (primary N) is 2. The number of rotatable bonds is 3. The number of primary amides is 1. The minimum absolute atomic E-state index is 0.213. The summed E-state index contributed by atoms with van der Waals surface area (Å²) in [6.45, 7) is 0. The zero-order valence-corrected chi connectivity index (χ0v) is 4.82. The minimum atomic E-state index is -1.56. The average Bonchev–Trinajstić information content (AvgIpc) is 1.63. The molecule has 0 aliphatic heterocycles. The number of amides is 1. The van der Waals surface area contributed by atoms with Gasteiger partial charge in [-0.15, -0.1) is 0 Å². The van der Waals surface area contributed by atoms with Crippen LogP contribution in [-0.2, 0) is 4.79 Å². The second-order valence-electron chi connectivity index (χ2n) is 1.73. The largest absolute Gasteiger partial charge is 0.368 e. The van der Waals surface area contributed by atoms with E-state index >= 15 is 0 Å². The predicted molar refractivity (Wildman–Crippen MR) is 30.0 cm³/mol. The normalized spacial score (nSPS) is 13.8. The van der Waals surface area contributed by atoms with Gasteiger partial charge in [-0.3, -0.25) is 4.79 Å². The summed E-state index contributed by atoms with van der Waals surface area (Å²) in [6, 6.07) is -0.968. The van der Waals surface area contributed by atoms with Gasteiger partial charge in [0.25, 0.3) is 0 Å². The van der Waals surface area contributed by atoms with E-state index in [4.69, 9.17) is 21.7 Å². The van der Waals surface area contributed by atoms with Crippen molar-refractivity contribution in [3.63, 3.8) is 0 Å². The Bertz CT molecular complexity index is 104. The molecule has 1 amide bonds. The molecule has 0 aliphatic carbocycles. The fourth-order valence-corrected chi connectivity index (χ4v) is 0.343. The van der Waals surface area contributed by atoms with Gasteiger partial charge in [0.05, 0.1) is 6.04 Å². The van der Waals surface area contributed by atoms with Crippen molar-refractivity contribution < 1.29 is 15.0 Å². The zero-order valence-electron chi connectivity index (χ0n) is 4.82. The maximum atomic E-state index is 10.1. The second-order valence-corrected chi connectivity index (χ2v) is 1.73. The van der Waals surface area contributed by atoms with Gasteiger partial charge in [0.15, 0.2) is 6.29 Å². The number of carbonyl (C=O) groups excluding carboxylic acids is 1. The SMILES string of the molecule is NC(=O)[C@@H](N)CC(O)O. The van der Waals surface area contributed by atoms with E-state index in [1.165, 1.54) is 0 Å². The maximum absolute atomic E-state index is 10.1. The van der Waals surface area contributed by atoms with E-state index in [1.54, 1.807) is 0 Å². The van der Waals surface area contributed by atoms with Crippen molar-refractivity contribution in [2.24, 2.45) is 11.5 Å². The summed E-state index contributed by atoms with van der Waals surface area (Å²) in [4.78, 5) is 10.1. The highest BCUT2D eigenvalue weighted by Gasteiger charge is 2.12. The second kappa shape index (κ2) is 3.39. The summed E-state index contributed by atoms with van der Waals surface area (Å²) in [5.41, 5.74) is 9.72. The lowest BCUT2D eigenvalue weighted by atomic mass is 10.2. The topological polar surface area (TPSA) is 110 Å². The van der Waals surface area contributed by atoms with E-state index in [1.807, 2.05) is 0 Å². The Kier molecular flexibility index (Phi) is 3.15. The number of carbonyl (C=O) groups is 1. The predicted octanol–water partition coefficient (Wildman–Crippen LogP) is -2.50. The van der Waals surface area contributed by atoms with Crippen LogP contribution in [0.1, 0.15) is 6.42 Å². The van der Waals surface area contributed by atoms with Gasteiger partial charge in [0.1, 0.15) is 0 Å². The minimum Gasteiger partial charge on any atom is -0.368 e. The van der Waals surface area contributed by atoms with Crippen molar-refractivity contribution in [3.8, 4) is 0 Å². The molecule has 0 radical (unpaired) electrons. The van der Waals surface area contributed by atoms with Crippen LogP contribution in [0.15, 0.2) is 0 Å². The third kappa shape index (κ3) is 3.89. The van der Waals surface area contributed by atoms with Gasteiger partial charge in [-0.2, -0.15) is 0 Å². The molecule has 0 aromatic rings. The first-order chi connectivity index (χ1) is 4.04. The van der Waals surface area contributed by atoms with E-state index in [2.05, 4.69) is 0 Å². The molecule has 0 unspecified atom stereocenters. The van der Waals surface area contributed by atoms with Crippen LogP contribution in [-0.4, -0.2) is 28.5 Å². The molecule has 0 aromatic carbocycles. The first-order valence-corrected chi connectivity index (χ1v) is 2.45. The average molecular weight is 134 g/mol. The lowest BCUT2D eigenvalue weighted by Gasteiger charge is -2.07. The Morgan fingerprint density at radius 2 is 2.00 bits per heavy atom. The van der Waals surface area contributed by atoms with Crippen LogP contribution in [0.25, 0.3) is 0 Å². The van der Waals surface area contributed by atoms with Crippen molar-refractivity contribution in [1.29, 1.82) is 0 Å². The van der Waals surface area contributed by atoms with E-state index in [0.29, 0.717) is 0 Å². The monoisotopic (exact) mass is 134 g/mol. The molecule has 0 spiro atoms. The van der Waals surface area contributed by atoms with E-state index < -0.39 is 18.2 Å². The number of hydrogen-bond acceptors (Lipinski definition) is 4. The zero-order chi connectivity index (χ0) is 7.44. The van der Waals surface area contributed by atoms with Crippen molar-refractivity contribution in [3.05, 3.63) is 0 Å². The van der Waals surface area contributed by atoms with Gasteiger partial charge in [0, 0.05) is 6.42 Å². The lowest BCUT2D eigenvalue weighted by Crippen LogP contribution is -2.39.